The summed E-state index contributed by atoms with van der Waals surface area (Å²) < 4.78 is 30.6. The van der Waals surface area contributed by atoms with E-state index in [0.29, 0.717) is 0 Å². The maximum atomic E-state index is 10.7. The Balaban J connectivity index is 5.06. The lowest BCUT2D eigenvalue weighted by Crippen LogP contribution is -2.61. The fourth-order valence-corrected chi connectivity index (χ4v) is 2.13. The first-order valence-electron chi connectivity index (χ1n) is 4.27. The first-order valence-corrected chi connectivity index (χ1v) is 6.53. The van der Waals surface area contributed by atoms with Crippen molar-refractivity contribution in [1.29, 1.82) is 0 Å². The zero-order chi connectivity index (χ0) is 12.8. The first-order chi connectivity index (χ1) is 7.41. The molecule has 16 heavy (non-hydrogen) atoms. The summed E-state index contributed by atoms with van der Waals surface area (Å²) >= 11 is 0. The van der Waals surface area contributed by atoms with Gasteiger partial charge in [-0.25, -0.2) is 10.9 Å². The van der Waals surface area contributed by atoms with Crippen molar-refractivity contribution in [3.8, 4) is 0 Å². The number of hydrogen-bond donors (Lipinski definition) is 4. The van der Waals surface area contributed by atoms with Gasteiger partial charge in [0.2, 0.25) is 0 Å². The standard InChI is InChI=1S/C5H13N3O6P2/c1-4-5(13-15(9)10,14-16(11)12)8(6-2)7-3/h6-7H,4H2,1-3H3/p+2. The minimum atomic E-state index is -3.01. The van der Waals surface area contributed by atoms with Crippen molar-refractivity contribution < 1.29 is 28.0 Å². The fraction of sp³-hybridized carbons (Fsp3) is 1.00. The summed E-state index contributed by atoms with van der Waals surface area (Å²) in [7, 11) is -3.06. The molecule has 0 aromatic rings. The van der Waals surface area contributed by atoms with E-state index < -0.39 is 22.4 Å². The van der Waals surface area contributed by atoms with E-state index in [0.717, 1.165) is 5.12 Å². The average Bonchev–Trinajstić information content (AvgIpc) is 2.17. The number of nitrogens with zero attached hydrogens (tertiary/aromatic N) is 1. The molecule has 0 aliphatic carbocycles. The SMILES string of the molecule is CCC(O[P+](=O)O)(O[P+](=O)O)N(NC)NC. The van der Waals surface area contributed by atoms with Crippen LogP contribution in [-0.2, 0) is 18.2 Å². The van der Waals surface area contributed by atoms with Gasteiger partial charge in [-0.2, -0.15) is 0 Å². The highest BCUT2D eigenvalue weighted by Gasteiger charge is 2.53. The van der Waals surface area contributed by atoms with Crippen LogP contribution in [0.4, 0.5) is 0 Å². The normalized spacial score (nSPS) is 17.1. The molecular formula is C5H15N3O6P2+2. The van der Waals surface area contributed by atoms with Crippen LogP contribution >= 0.6 is 16.5 Å². The monoisotopic (exact) mass is 275 g/mol. The molecule has 4 N–H and O–H groups in total. The van der Waals surface area contributed by atoms with Crippen LogP contribution in [0.1, 0.15) is 13.3 Å². The molecule has 0 amide bonds. The van der Waals surface area contributed by atoms with Gasteiger partial charge in [0.15, 0.2) is 0 Å². The summed E-state index contributed by atoms with van der Waals surface area (Å²) in [6.07, 6.45) is 0.0257. The molecule has 0 spiro atoms. The second-order valence-corrected chi connectivity index (χ2v) is 3.82. The van der Waals surface area contributed by atoms with E-state index in [4.69, 9.17) is 9.79 Å². The second kappa shape index (κ2) is 7.29. The predicted molar refractivity (Wildman–Crippen MR) is 54.8 cm³/mol. The van der Waals surface area contributed by atoms with Gasteiger partial charge in [-0.15, -0.1) is 14.9 Å². The lowest BCUT2D eigenvalue weighted by Gasteiger charge is -2.30. The van der Waals surface area contributed by atoms with Crippen molar-refractivity contribution in [2.75, 3.05) is 14.1 Å². The molecule has 0 rings (SSSR count). The lowest BCUT2D eigenvalue weighted by atomic mass is 10.4. The van der Waals surface area contributed by atoms with E-state index in [1.807, 2.05) is 0 Å². The zero-order valence-electron chi connectivity index (χ0n) is 9.08. The van der Waals surface area contributed by atoms with E-state index in [-0.39, 0.29) is 6.42 Å². The first kappa shape index (κ1) is 15.9. The molecule has 0 saturated carbocycles. The van der Waals surface area contributed by atoms with Crippen molar-refractivity contribution >= 4 is 16.5 Å². The Bertz CT molecular complexity index is 245. The van der Waals surface area contributed by atoms with Crippen molar-refractivity contribution in [3.05, 3.63) is 0 Å². The van der Waals surface area contributed by atoms with Crippen molar-refractivity contribution in [2.45, 2.75) is 19.3 Å². The van der Waals surface area contributed by atoms with Crippen LogP contribution in [0, 0.1) is 0 Å². The minimum Gasteiger partial charge on any atom is -0.240 e. The molecule has 0 saturated heterocycles. The lowest BCUT2D eigenvalue weighted by molar-refractivity contribution is -0.260. The molecule has 0 aromatic carbocycles. The molecule has 9 nitrogen and oxygen atoms in total. The smallest absolute Gasteiger partial charge is 0.240 e. The molecule has 0 bridgehead atoms. The highest BCUT2D eigenvalue weighted by atomic mass is 31.1. The van der Waals surface area contributed by atoms with Gasteiger partial charge in [0, 0.05) is 29.6 Å². The molecule has 0 fully saturated rings. The van der Waals surface area contributed by atoms with Crippen molar-refractivity contribution in [3.63, 3.8) is 0 Å². The third kappa shape index (κ3) is 4.42. The summed E-state index contributed by atoms with van der Waals surface area (Å²) in [6, 6.07) is 0. The Morgan fingerprint density at radius 3 is 1.75 bits per heavy atom. The molecule has 0 radical (unpaired) electrons. The van der Waals surface area contributed by atoms with Gasteiger partial charge in [0.25, 0.3) is 0 Å². The van der Waals surface area contributed by atoms with Gasteiger partial charge in [-0.3, -0.25) is 0 Å². The molecular weight excluding hydrogens is 260 g/mol. The van der Waals surface area contributed by atoms with Gasteiger partial charge in [-0.1, -0.05) is 16.0 Å². The van der Waals surface area contributed by atoms with Gasteiger partial charge in [-0.05, 0) is 0 Å². The summed E-state index contributed by atoms with van der Waals surface area (Å²) in [5, 5.41) is 1.06. The summed E-state index contributed by atoms with van der Waals surface area (Å²) in [5.74, 6) is -1.85. The zero-order valence-corrected chi connectivity index (χ0v) is 10.9. The van der Waals surface area contributed by atoms with E-state index in [1.165, 1.54) is 14.1 Å². The maximum absolute atomic E-state index is 10.7. The summed E-state index contributed by atoms with van der Waals surface area (Å²) in [6.45, 7) is 1.55. The highest BCUT2D eigenvalue weighted by molar-refractivity contribution is 7.33. The molecule has 0 aliphatic heterocycles. The summed E-state index contributed by atoms with van der Waals surface area (Å²) in [4.78, 5) is 17.4. The van der Waals surface area contributed by atoms with Gasteiger partial charge in [0.05, 0.1) is 0 Å². The van der Waals surface area contributed by atoms with Crippen LogP contribution in [0.3, 0.4) is 0 Å². The third-order valence-corrected chi connectivity index (χ3v) is 2.56. The molecule has 0 heterocycles. The number of rotatable bonds is 8. The van der Waals surface area contributed by atoms with Crippen LogP contribution in [-0.4, -0.2) is 34.9 Å². The van der Waals surface area contributed by atoms with Crippen molar-refractivity contribution in [2.24, 2.45) is 0 Å². The second-order valence-electron chi connectivity index (χ2n) is 2.51. The number of nitrogens with one attached hydrogen (secondary N) is 2. The van der Waals surface area contributed by atoms with Crippen LogP contribution < -0.4 is 10.9 Å². The quantitative estimate of drug-likeness (QED) is 0.274. The van der Waals surface area contributed by atoms with E-state index >= 15 is 0 Å². The molecule has 2 unspecified atom stereocenters. The van der Waals surface area contributed by atoms with E-state index in [1.54, 1.807) is 6.92 Å². The largest absolute Gasteiger partial charge is 0.699 e. The summed E-state index contributed by atoms with van der Waals surface area (Å²) in [5.41, 5.74) is 5.09. The molecule has 11 heteroatoms. The average molecular weight is 275 g/mol. The van der Waals surface area contributed by atoms with E-state index in [2.05, 4.69) is 19.9 Å². The molecule has 0 aromatic heterocycles. The molecule has 0 aliphatic rings. The van der Waals surface area contributed by atoms with Gasteiger partial charge < -0.3 is 0 Å². The fourth-order valence-electron chi connectivity index (χ4n) is 1.08. The molecule has 2 atom stereocenters. The Labute approximate surface area is 94.6 Å². The number of hydrazine groups is 2. The van der Waals surface area contributed by atoms with Crippen LogP contribution in [0.2, 0.25) is 0 Å². The maximum Gasteiger partial charge on any atom is 0.699 e. The third-order valence-electron chi connectivity index (χ3n) is 1.68. The van der Waals surface area contributed by atoms with Crippen LogP contribution in [0.25, 0.3) is 0 Å². The van der Waals surface area contributed by atoms with Gasteiger partial charge in [0.1, 0.15) is 0 Å². The topological polar surface area (TPSA) is 120 Å². The number of hydrogen-bond acceptors (Lipinski definition) is 7. The Morgan fingerprint density at radius 2 is 1.56 bits per heavy atom. The van der Waals surface area contributed by atoms with Crippen LogP contribution in [0.15, 0.2) is 0 Å². The molecule has 94 valence electrons. The Hall–Kier alpha value is -0.0800. The van der Waals surface area contributed by atoms with Crippen LogP contribution in [0.5, 0.6) is 0 Å². The Kier molecular flexibility index (Phi) is 7.25. The minimum absolute atomic E-state index is 0.0257. The predicted octanol–water partition coefficient (Wildman–Crippen LogP) is -0.0464. The van der Waals surface area contributed by atoms with Crippen molar-refractivity contribution in [1.82, 2.24) is 16.0 Å². The van der Waals surface area contributed by atoms with E-state index in [9.17, 15) is 9.13 Å². The highest BCUT2D eigenvalue weighted by Crippen LogP contribution is 2.37. The van der Waals surface area contributed by atoms with Gasteiger partial charge >= 0.3 is 22.4 Å². The Morgan fingerprint density at radius 1 is 1.19 bits per heavy atom.